The van der Waals surface area contributed by atoms with Crippen LogP contribution >= 0.6 is 0 Å². The van der Waals surface area contributed by atoms with E-state index in [0.29, 0.717) is 24.0 Å². The van der Waals surface area contributed by atoms with E-state index in [2.05, 4.69) is 4.74 Å². The molecule has 1 aliphatic carbocycles. The zero-order valence-corrected chi connectivity index (χ0v) is 17.1. The average Bonchev–Trinajstić information content (AvgIpc) is 2.63. The van der Waals surface area contributed by atoms with Gasteiger partial charge >= 0.3 is 5.97 Å². The van der Waals surface area contributed by atoms with Gasteiger partial charge in [0.15, 0.2) is 0 Å². The highest BCUT2D eigenvalue weighted by Crippen LogP contribution is 2.48. The molecular weight excluding hydrogens is 359 g/mol. The fraction of sp³-hybridized carbons (Fsp3) is 0.435. The van der Waals surface area contributed by atoms with Crippen molar-refractivity contribution in [1.82, 2.24) is 0 Å². The molecule has 0 radical (unpaired) electrons. The van der Waals surface area contributed by atoms with E-state index >= 15 is 0 Å². The van der Waals surface area contributed by atoms with Crippen LogP contribution in [0.4, 0.5) is 4.39 Å². The average molecular weight is 388 g/mol. The summed E-state index contributed by atoms with van der Waals surface area (Å²) in [6.45, 7) is 7.36. The summed E-state index contributed by atoms with van der Waals surface area (Å²) in [7, 11) is 1.31. The minimum Gasteiger partial charge on any atom is -0.466 e. The number of aliphatic hydroxyl groups is 2. The van der Waals surface area contributed by atoms with E-state index in [1.54, 1.807) is 31.2 Å². The number of methoxy groups -OCH3 is 1. The molecule has 0 heterocycles. The highest BCUT2D eigenvalue weighted by atomic mass is 19.1. The number of esters is 1. The number of ether oxygens (including phenoxy) is 1. The Morgan fingerprint density at radius 2 is 1.93 bits per heavy atom. The Kier molecular flexibility index (Phi) is 6.63. The van der Waals surface area contributed by atoms with Crippen LogP contribution in [0.2, 0.25) is 0 Å². The summed E-state index contributed by atoms with van der Waals surface area (Å²) in [5.41, 5.74) is 0.991. The van der Waals surface area contributed by atoms with Gasteiger partial charge in [-0.25, -0.2) is 9.18 Å². The Bertz CT molecular complexity index is 818. The number of hydrogen-bond donors (Lipinski definition) is 2. The highest BCUT2D eigenvalue weighted by molar-refractivity contribution is 5.83. The van der Waals surface area contributed by atoms with E-state index in [0.717, 1.165) is 11.1 Å². The van der Waals surface area contributed by atoms with Crippen LogP contribution in [0, 0.1) is 11.2 Å². The molecule has 0 bridgehead atoms. The van der Waals surface area contributed by atoms with Crippen LogP contribution in [0.5, 0.6) is 0 Å². The maximum Gasteiger partial charge on any atom is 0.330 e. The molecular formula is C23H29FO4. The molecule has 2 rings (SSSR count). The van der Waals surface area contributed by atoms with Crippen molar-refractivity contribution >= 4 is 5.97 Å². The summed E-state index contributed by atoms with van der Waals surface area (Å²) in [4.78, 5) is 11.4. The lowest BCUT2D eigenvalue weighted by atomic mass is 9.61. The molecule has 152 valence electrons. The van der Waals surface area contributed by atoms with E-state index in [1.165, 1.54) is 25.3 Å². The molecule has 2 N–H and O–H groups in total. The van der Waals surface area contributed by atoms with Gasteiger partial charge in [-0.2, -0.15) is 0 Å². The first-order valence-electron chi connectivity index (χ1n) is 9.30. The number of carbonyl (C=O) groups is 1. The number of carbonyl (C=O) groups excluding carboxylic acids is 1. The van der Waals surface area contributed by atoms with Gasteiger partial charge in [-0.1, -0.05) is 32.1 Å². The summed E-state index contributed by atoms with van der Waals surface area (Å²) in [5.74, 6) is -0.774. The second kappa shape index (κ2) is 8.41. The van der Waals surface area contributed by atoms with E-state index in [9.17, 15) is 19.4 Å². The normalized spacial score (nSPS) is 25.3. The summed E-state index contributed by atoms with van der Waals surface area (Å²) in [6.07, 6.45) is 4.82. The van der Waals surface area contributed by atoms with Crippen molar-refractivity contribution in [1.29, 1.82) is 0 Å². The first-order valence-corrected chi connectivity index (χ1v) is 9.30. The van der Waals surface area contributed by atoms with Crippen molar-refractivity contribution in [2.24, 2.45) is 5.41 Å². The first-order chi connectivity index (χ1) is 13.0. The van der Waals surface area contributed by atoms with Crippen LogP contribution in [0.1, 0.15) is 39.7 Å². The largest absolute Gasteiger partial charge is 0.466 e. The van der Waals surface area contributed by atoms with Gasteiger partial charge in [0.05, 0.1) is 13.2 Å². The minimum atomic E-state index is -1.30. The molecule has 2 atom stereocenters. The zero-order valence-electron chi connectivity index (χ0n) is 17.1. The van der Waals surface area contributed by atoms with Gasteiger partial charge in [-0.15, -0.1) is 0 Å². The maximum atomic E-state index is 13.2. The molecule has 1 aliphatic rings. The Morgan fingerprint density at radius 1 is 1.32 bits per heavy atom. The van der Waals surface area contributed by atoms with Gasteiger partial charge in [-0.3, -0.25) is 0 Å². The van der Waals surface area contributed by atoms with Crippen molar-refractivity contribution in [3.63, 3.8) is 0 Å². The minimum absolute atomic E-state index is 0.313. The summed E-state index contributed by atoms with van der Waals surface area (Å²) in [5, 5.41) is 22.3. The van der Waals surface area contributed by atoms with Gasteiger partial charge in [0, 0.05) is 11.5 Å². The molecule has 0 saturated carbocycles. The second-order valence-electron chi connectivity index (χ2n) is 8.07. The summed E-state index contributed by atoms with van der Waals surface area (Å²) in [6, 6.07) is 6.13. The molecule has 5 heteroatoms. The number of allylic oxidation sites excluding steroid dienone is 2. The van der Waals surface area contributed by atoms with Crippen LogP contribution in [-0.2, 0) is 16.0 Å². The molecule has 1 aromatic carbocycles. The molecule has 0 aliphatic heterocycles. The van der Waals surface area contributed by atoms with E-state index in [-0.39, 0.29) is 5.82 Å². The van der Waals surface area contributed by atoms with Crippen molar-refractivity contribution in [3.8, 4) is 0 Å². The van der Waals surface area contributed by atoms with Crippen LogP contribution < -0.4 is 0 Å². The Labute approximate surface area is 166 Å². The molecule has 1 unspecified atom stereocenters. The predicted molar refractivity (Wildman–Crippen MR) is 107 cm³/mol. The SMILES string of the molecule is COC(=O)/C=C(C)\C=C\[C@@]1(O)C(C)=C(Cc2ccc(F)cc2)C(O)CC1(C)C. The third-order valence-electron chi connectivity index (χ3n) is 5.63. The van der Waals surface area contributed by atoms with Gasteiger partial charge in [0.25, 0.3) is 0 Å². The number of rotatable bonds is 5. The molecule has 4 nitrogen and oxygen atoms in total. The molecule has 0 saturated heterocycles. The van der Waals surface area contributed by atoms with Gasteiger partial charge in [0.2, 0.25) is 0 Å². The fourth-order valence-corrected chi connectivity index (χ4v) is 3.73. The van der Waals surface area contributed by atoms with Crippen molar-refractivity contribution in [2.45, 2.75) is 52.2 Å². The lowest BCUT2D eigenvalue weighted by Crippen LogP contribution is -2.50. The van der Waals surface area contributed by atoms with Crippen molar-refractivity contribution in [2.75, 3.05) is 7.11 Å². The number of halogens is 1. The first kappa shape index (κ1) is 22.1. The lowest BCUT2D eigenvalue weighted by molar-refractivity contribution is -0.134. The molecule has 0 aromatic heterocycles. The van der Waals surface area contributed by atoms with Gasteiger partial charge < -0.3 is 14.9 Å². The van der Waals surface area contributed by atoms with Crippen molar-refractivity contribution < 1.29 is 24.1 Å². The Hall–Kier alpha value is -2.24. The van der Waals surface area contributed by atoms with Gasteiger partial charge in [-0.05, 0) is 67.2 Å². The van der Waals surface area contributed by atoms with E-state index < -0.39 is 23.1 Å². The standard InChI is InChI=1S/C23H29FO4/c1-15(12-21(26)28-5)10-11-23(27)16(2)19(20(25)14-22(23,3)4)13-17-6-8-18(24)9-7-17/h6-12,20,25,27H,13-14H2,1-5H3/b11-10+,15-12-/t20?,23-/m1/s1. The maximum absolute atomic E-state index is 13.2. The molecule has 28 heavy (non-hydrogen) atoms. The van der Waals surface area contributed by atoms with Crippen LogP contribution in [-0.4, -0.2) is 35.0 Å². The molecule has 0 amide bonds. The number of hydrogen-bond acceptors (Lipinski definition) is 4. The second-order valence-corrected chi connectivity index (χ2v) is 8.07. The monoisotopic (exact) mass is 388 g/mol. The van der Waals surface area contributed by atoms with Crippen LogP contribution in [0.25, 0.3) is 0 Å². The number of aliphatic hydroxyl groups excluding tert-OH is 1. The smallest absolute Gasteiger partial charge is 0.330 e. The highest BCUT2D eigenvalue weighted by Gasteiger charge is 2.49. The molecule has 0 spiro atoms. The van der Waals surface area contributed by atoms with Crippen molar-refractivity contribution in [3.05, 3.63) is 70.6 Å². The predicted octanol–water partition coefficient (Wildman–Crippen LogP) is 3.88. The topological polar surface area (TPSA) is 66.8 Å². The summed E-state index contributed by atoms with van der Waals surface area (Å²) < 4.78 is 17.8. The zero-order chi connectivity index (χ0) is 21.1. The quantitative estimate of drug-likeness (QED) is 0.348. The number of benzene rings is 1. The van der Waals surface area contributed by atoms with E-state index in [1.807, 2.05) is 20.8 Å². The molecule has 0 fully saturated rings. The van der Waals surface area contributed by atoms with E-state index in [4.69, 9.17) is 0 Å². The Morgan fingerprint density at radius 3 is 2.50 bits per heavy atom. The lowest BCUT2D eigenvalue weighted by Gasteiger charge is -2.48. The Balaban J connectivity index is 2.44. The molecule has 1 aromatic rings. The third kappa shape index (κ3) is 4.59. The fourth-order valence-electron chi connectivity index (χ4n) is 3.73. The van der Waals surface area contributed by atoms with Gasteiger partial charge in [0.1, 0.15) is 11.4 Å². The van der Waals surface area contributed by atoms with Crippen LogP contribution in [0.3, 0.4) is 0 Å². The van der Waals surface area contributed by atoms with Crippen LogP contribution in [0.15, 0.2) is 59.2 Å². The summed E-state index contributed by atoms with van der Waals surface area (Å²) >= 11 is 0. The third-order valence-corrected chi connectivity index (χ3v) is 5.63.